The van der Waals surface area contributed by atoms with Crippen molar-refractivity contribution in [3.05, 3.63) is 89.3 Å². The molecule has 0 aliphatic carbocycles. The third-order valence-corrected chi connectivity index (χ3v) is 6.19. The van der Waals surface area contributed by atoms with E-state index in [1.54, 1.807) is 12.1 Å². The maximum Gasteiger partial charge on any atom is 0.277 e. The zero-order valence-corrected chi connectivity index (χ0v) is 17.2. The third-order valence-electron chi connectivity index (χ3n) is 4.47. The van der Waals surface area contributed by atoms with Crippen molar-refractivity contribution in [2.45, 2.75) is 4.90 Å². The van der Waals surface area contributed by atoms with Gasteiger partial charge in [-0.2, -0.15) is 0 Å². The van der Waals surface area contributed by atoms with E-state index in [1.165, 1.54) is 48.7 Å². The van der Waals surface area contributed by atoms with Gasteiger partial charge in [-0.3, -0.25) is 14.3 Å². The molecular weight excluding hydrogens is 445 g/mol. The highest BCUT2D eigenvalue weighted by Crippen LogP contribution is 2.35. The fourth-order valence-electron chi connectivity index (χ4n) is 3.00. The molecule has 156 valence electrons. The molecule has 2 aromatic carbocycles. The van der Waals surface area contributed by atoms with Gasteiger partial charge in [0, 0.05) is 6.20 Å². The van der Waals surface area contributed by atoms with E-state index in [9.17, 15) is 22.4 Å². The standard InChI is InChI=1S/C21H13ClFN3O4S/c22-19-18(13-4-6-14(23)7-5-13)20(27)26(21(19)28)15-8-10-16(11-9-15)31(29,30)25-17-3-1-2-12-24-17/h1-12H,(H,24,25). The second-order valence-electron chi connectivity index (χ2n) is 6.46. The summed E-state index contributed by atoms with van der Waals surface area (Å²) < 4.78 is 40.6. The number of carbonyl (C=O) groups is 2. The van der Waals surface area contributed by atoms with Gasteiger partial charge >= 0.3 is 0 Å². The molecule has 1 aromatic heterocycles. The van der Waals surface area contributed by atoms with Crippen molar-refractivity contribution in [1.29, 1.82) is 0 Å². The largest absolute Gasteiger partial charge is 0.277 e. The first-order valence-corrected chi connectivity index (χ1v) is 10.7. The van der Waals surface area contributed by atoms with Crippen LogP contribution in [-0.2, 0) is 19.6 Å². The zero-order chi connectivity index (χ0) is 22.2. The summed E-state index contributed by atoms with van der Waals surface area (Å²) >= 11 is 6.10. The number of anilines is 2. The first-order chi connectivity index (χ1) is 14.8. The molecule has 2 amide bonds. The highest BCUT2D eigenvalue weighted by molar-refractivity contribution is 7.92. The smallest absolute Gasteiger partial charge is 0.268 e. The van der Waals surface area contributed by atoms with Crippen LogP contribution in [0.25, 0.3) is 5.57 Å². The topological polar surface area (TPSA) is 96.4 Å². The molecule has 0 saturated carbocycles. The van der Waals surface area contributed by atoms with Gasteiger partial charge in [-0.25, -0.2) is 22.7 Å². The predicted octanol–water partition coefficient (Wildman–Crippen LogP) is 3.54. The molecule has 2 heterocycles. The van der Waals surface area contributed by atoms with Gasteiger partial charge in [0.25, 0.3) is 21.8 Å². The van der Waals surface area contributed by atoms with E-state index in [-0.39, 0.29) is 27.0 Å². The molecule has 3 aromatic rings. The molecule has 0 fully saturated rings. The lowest BCUT2D eigenvalue weighted by molar-refractivity contribution is -0.119. The van der Waals surface area contributed by atoms with E-state index in [4.69, 9.17) is 11.6 Å². The fraction of sp³-hybridized carbons (Fsp3) is 0. The van der Waals surface area contributed by atoms with Crippen LogP contribution in [0, 0.1) is 5.82 Å². The maximum absolute atomic E-state index is 13.2. The Labute approximate surface area is 181 Å². The molecule has 0 saturated heterocycles. The number of halogens is 2. The van der Waals surface area contributed by atoms with Gasteiger partial charge in [-0.15, -0.1) is 0 Å². The van der Waals surface area contributed by atoms with Crippen molar-refractivity contribution in [3.8, 4) is 0 Å². The van der Waals surface area contributed by atoms with E-state index in [0.29, 0.717) is 5.56 Å². The molecule has 0 unspecified atom stereocenters. The number of imide groups is 1. The number of pyridine rings is 1. The van der Waals surface area contributed by atoms with E-state index < -0.39 is 27.7 Å². The van der Waals surface area contributed by atoms with Crippen molar-refractivity contribution < 1.29 is 22.4 Å². The predicted molar refractivity (Wildman–Crippen MR) is 113 cm³/mol. The number of sulfonamides is 1. The van der Waals surface area contributed by atoms with Gasteiger partial charge in [0.05, 0.1) is 16.2 Å². The van der Waals surface area contributed by atoms with Crippen LogP contribution < -0.4 is 9.62 Å². The van der Waals surface area contributed by atoms with Crippen LogP contribution in [0.1, 0.15) is 5.56 Å². The van der Waals surface area contributed by atoms with Crippen LogP contribution in [-0.4, -0.2) is 25.2 Å². The van der Waals surface area contributed by atoms with Crippen LogP contribution in [0.15, 0.2) is 82.9 Å². The Balaban J connectivity index is 1.60. The van der Waals surface area contributed by atoms with Gasteiger partial charge in [-0.1, -0.05) is 29.8 Å². The zero-order valence-electron chi connectivity index (χ0n) is 15.6. The van der Waals surface area contributed by atoms with Crippen LogP contribution in [0.2, 0.25) is 0 Å². The Bertz CT molecular complexity index is 1310. The Kier molecular flexibility index (Phi) is 5.30. The van der Waals surface area contributed by atoms with Crippen LogP contribution in [0.3, 0.4) is 0 Å². The van der Waals surface area contributed by atoms with Crippen molar-refractivity contribution >= 4 is 50.5 Å². The third kappa shape index (κ3) is 3.92. The summed E-state index contributed by atoms with van der Waals surface area (Å²) in [6.07, 6.45) is 1.45. The molecule has 1 aliphatic rings. The molecule has 0 spiro atoms. The number of carbonyl (C=O) groups excluding carboxylic acids is 2. The van der Waals surface area contributed by atoms with Crippen molar-refractivity contribution in [3.63, 3.8) is 0 Å². The lowest BCUT2D eigenvalue weighted by Gasteiger charge is -2.15. The minimum Gasteiger partial charge on any atom is -0.268 e. The molecule has 10 heteroatoms. The van der Waals surface area contributed by atoms with Gasteiger partial charge in [0.1, 0.15) is 16.7 Å². The monoisotopic (exact) mass is 457 g/mol. The molecule has 0 atom stereocenters. The minimum absolute atomic E-state index is 0.0554. The van der Waals surface area contributed by atoms with E-state index >= 15 is 0 Å². The lowest BCUT2D eigenvalue weighted by Crippen LogP contribution is -2.31. The summed E-state index contributed by atoms with van der Waals surface area (Å²) in [4.78, 5) is 30.1. The number of amides is 2. The summed E-state index contributed by atoms with van der Waals surface area (Å²) in [5, 5.41) is -0.301. The average molecular weight is 458 g/mol. The van der Waals surface area contributed by atoms with Crippen LogP contribution in [0.4, 0.5) is 15.9 Å². The summed E-state index contributed by atoms with van der Waals surface area (Å²) in [5.41, 5.74) is 0.383. The van der Waals surface area contributed by atoms with Gasteiger partial charge in [-0.05, 0) is 54.1 Å². The normalized spacial score (nSPS) is 14.3. The van der Waals surface area contributed by atoms with Crippen molar-refractivity contribution in [2.75, 3.05) is 9.62 Å². The molecule has 0 radical (unpaired) electrons. The molecule has 7 nitrogen and oxygen atoms in total. The SMILES string of the molecule is O=C1C(Cl)=C(c2ccc(F)cc2)C(=O)N1c1ccc(S(=O)(=O)Nc2ccccn2)cc1. The summed E-state index contributed by atoms with van der Waals surface area (Å²) in [6.45, 7) is 0. The number of benzene rings is 2. The van der Waals surface area contributed by atoms with E-state index in [1.807, 2.05) is 0 Å². The number of hydrogen-bond donors (Lipinski definition) is 1. The Hall–Kier alpha value is -3.56. The number of hydrogen-bond acceptors (Lipinski definition) is 5. The fourth-order valence-corrected chi connectivity index (χ4v) is 4.28. The van der Waals surface area contributed by atoms with E-state index in [2.05, 4.69) is 9.71 Å². The highest BCUT2D eigenvalue weighted by atomic mass is 35.5. The Morgan fingerprint density at radius 2 is 1.58 bits per heavy atom. The molecule has 0 bridgehead atoms. The minimum atomic E-state index is -3.92. The summed E-state index contributed by atoms with van der Waals surface area (Å²) in [5.74, 6) is -1.79. The number of nitrogens with zero attached hydrogens (tertiary/aromatic N) is 2. The van der Waals surface area contributed by atoms with Gasteiger partial charge in [0.2, 0.25) is 0 Å². The number of aromatic nitrogens is 1. The molecule has 31 heavy (non-hydrogen) atoms. The van der Waals surface area contributed by atoms with Gasteiger partial charge in [0.15, 0.2) is 0 Å². The molecule has 4 rings (SSSR count). The lowest BCUT2D eigenvalue weighted by atomic mass is 10.1. The maximum atomic E-state index is 13.2. The highest BCUT2D eigenvalue weighted by Gasteiger charge is 2.39. The summed E-state index contributed by atoms with van der Waals surface area (Å²) in [6, 6.07) is 14.9. The van der Waals surface area contributed by atoms with Crippen molar-refractivity contribution in [1.82, 2.24) is 4.98 Å². The van der Waals surface area contributed by atoms with Crippen LogP contribution >= 0.6 is 11.6 Å². The van der Waals surface area contributed by atoms with Gasteiger partial charge < -0.3 is 0 Å². The second-order valence-corrected chi connectivity index (χ2v) is 8.52. The molecule has 1 N–H and O–H groups in total. The number of nitrogens with one attached hydrogen (secondary N) is 1. The number of rotatable bonds is 5. The summed E-state index contributed by atoms with van der Waals surface area (Å²) in [7, 11) is -3.92. The average Bonchev–Trinajstić information content (AvgIpc) is 2.98. The Morgan fingerprint density at radius 3 is 2.19 bits per heavy atom. The second kappa shape index (κ2) is 7.93. The first-order valence-electron chi connectivity index (χ1n) is 8.86. The quantitative estimate of drug-likeness (QED) is 0.591. The first kappa shape index (κ1) is 20.7. The van der Waals surface area contributed by atoms with Crippen molar-refractivity contribution in [2.24, 2.45) is 0 Å². The van der Waals surface area contributed by atoms with Crippen LogP contribution in [0.5, 0.6) is 0 Å². The molecular formula is C21H13ClFN3O4S. The molecule has 1 aliphatic heterocycles. The van der Waals surface area contributed by atoms with E-state index in [0.717, 1.165) is 17.0 Å². The Morgan fingerprint density at radius 1 is 0.903 bits per heavy atom.